The maximum Gasteiger partial charge on any atom is 0.0669 e. The zero-order chi connectivity index (χ0) is 14.4. The molecule has 0 fully saturated rings. The Morgan fingerprint density at radius 3 is 2.26 bits per heavy atom. The molecule has 0 amide bonds. The Labute approximate surface area is 118 Å². The third-order valence-electron chi connectivity index (χ3n) is 3.58. The molecule has 0 saturated carbocycles. The highest BCUT2D eigenvalue weighted by molar-refractivity contribution is 5.11. The van der Waals surface area contributed by atoms with E-state index >= 15 is 0 Å². The lowest BCUT2D eigenvalue weighted by atomic mass is 10.0. The summed E-state index contributed by atoms with van der Waals surface area (Å²) in [6, 6.07) is 2.71. The number of aromatic nitrogens is 2. The summed E-state index contributed by atoms with van der Waals surface area (Å²) in [5.74, 6) is 1.29. The van der Waals surface area contributed by atoms with Crippen molar-refractivity contribution in [2.45, 2.75) is 60.4 Å². The van der Waals surface area contributed by atoms with Gasteiger partial charge in [0, 0.05) is 12.2 Å². The van der Waals surface area contributed by atoms with E-state index in [1.807, 2.05) is 0 Å². The number of hydrogen-bond acceptors (Lipinski definition) is 2. The summed E-state index contributed by atoms with van der Waals surface area (Å²) >= 11 is 0. The first-order valence-corrected chi connectivity index (χ1v) is 7.77. The smallest absolute Gasteiger partial charge is 0.0669 e. The van der Waals surface area contributed by atoms with Crippen LogP contribution in [0.25, 0.3) is 0 Å². The first kappa shape index (κ1) is 16.2. The summed E-state index contributed by atoms with van der Waals surface area (Å²) in [6.45, 7) is 15.5. The molecule has 19 heavy (non-hydrogen) atoms. The third-order valence-corrected chi connectivity index (χ3v) is 3.58. The van der Waals surface area contributed by atoms with Crippen molar-refractivity contribution >= 4 is 0 Å². The Hall–Kier alpha value is -0.830. The average molecular weight is 265 g/mol. The summed E-state index contributed by atoms with van der Waals surface area (Å²) in [6.07, 6.45) is 2.07. The van der Waals surface area contributed by atoms with Crippen molar-refractivity contribution in [1.29, 1.82) is 0 Å². The summed E-state index contributed by atoms with van der Waals surface area (Å²) in [4.78, 5) is 0. The second-order valence-electron chi connectivity index (χ2n) is 6.14. The van der Waals surface area contributed by atoms with Crippen LogP contribution in [0.3, 0.4) is 0 Å². The quantitative estimate of drug-likeness (QED) is 0.780. The van der Waals surface area contributed by atoms with Gasteiger partial charge in [0.2, 0.25) is 0 Å². The number of aryl methyl sites for hydroxylation is 2. The van der Waals surface area contributed by atoms with E-state index in [-0.39, 0.29) is 0 Å². The van der Waals surface area contributed by atoms with Crippen molar-refractivity contribution in [3.63, 3.8) is 0 Å². The van der Waals surface area contributed by atoms with Gasteiger partial charge in [-0.3, -0.25) is 4.68 Å². The minimum Gasteiger partial charge on any atom is -0.314 e. The van der Waals surface area contributed by atoms with Crippen LogP contribution in [0.1, 0.15) is 59.0 Å². The van der Waals surface area contributed by atoms with Crippen LogP contribution >= 0.6 is 0 Å². The normalized spacial score (nSPS) is 13.5. The van der Waals surface area contributed by atoms with Crippen LogP contribution < -0.4 is 5.32 Å². The van der Waals surface area contributed by atoms with Crippen LogP contribution in [-0.4, -0.2) is 22.9 Å². The second kappa shape index (κ2) is 7.68. The fourth-order valence-corrected chi connectivity index (χ4v) is 2.34. The predicted octanol–water partition coefficient (Wildman–Crippen LogP) is 3.45. The van der Waals surface area contributed by atoms with Crippen LogP contribution in [0.15, 0.2) is 6.07 Å². The Morgan fingerprint density at radius 1 is 1.11 bits per heavy atom. The monoisotopic (exact) mass is 265 g/mol. The highest BCUT2D eigenvalue weighted by Gasteiger charge is 2.19. The SMILES string of the molecule is CCc1cc(CC)n(C(CNCC(C)C)C(C)C)n1. The molecule has 0 aliphatic heterocycles. The molecule has 0 radical (unpaired) electrons. The molecule has 3 heteroatoms. The standard InChI is InChI=1S/C16H31N3/c1-7-14-9-15(8-2)19(18-14)16(13(5)6)11-17-10-12(3)4/h9,12-13,16-17H,7-8,10-11H2,1-6H3. The minimum atomic E-state index is 0.453. The largest absolute Gasteiger partial charge is 0.314 e. The molecule has 0 bridgehead atoms. The van der Waals surface area contributed by atoms with E-state index < -0.39 is 0 Å². The lowest BCUT2D eigenvalue weighted by Crippen LogP contribution is -2.32. The number of nitrogens with one attached hydrogen (secondary N) is 1. The first-order valence-electron chi connectivity index (χ1n) is 7.77. The van der Waals surface area contributed by atoms with Crippen LogP contribution in [0.2, 0.25) is 0 Å². The van der Waals surface area contributed by atoms with Crippen molar-refractivity contribution in [2.24, 2.45) is 11.8 Å². The fraction of sp³-hybridized carbons (Fsp3) is 0.812. The molecule has 1 atom stereocenters. The lowest BCUT2D eigenvalue weighted by Gasteiger charge is -2.24. The molecule has 1 aromatic rings. The highest BCUT2D eigenvalue weighted by atomic mass is 15.3. The van der Waals surface area contributed by atoms with Gasteiger partial charge in [-0.1, -0.05) is 41.5 Å². The molecule has 0 aliphatic carbocycles. The van der Waals surface area contributed by atoms with Crippen LogP contribution in [0.4, 0.5) is 0 Å². The highest BCUT2D eigenvalue weighted by Crippen LogP contribution is 2.20. The lowest BCUT2D eigenvalue weighted by molar-refractivity contribution is 0.316. The molecule has 1 heterocycles. The van der Waals surface area contributed by atoms with Crippen LogP contribution in [0, 0.1) is 11.8 Å². The van der Waals surface area contributed by atoms with E-state index in [4.69, 9.17) is 5.10 Å². The van der Waals surface area contributed by atoms with Crippen LogP contribution in [0.5, 0.6) is 0 Å². The van der Waals surface area contributed by atoms with Crippen molar-refractivity contribution in [3.8, 4) is 0 Å². The van der Waals surface area contributed by atoms with Gasteiger partial charge in [-0.15, -0.1) is 0 Å². The van der Waals surface area contributed by atoms with Crippen molar-refractivity contribution in [2.75, 3.05) is 13.1 Å². The third kappa shape index (κ3) is 4.64. The van der Waals surface area contributed by atoms with E-state index in [2.05, 4.69) is 57.6 Å². The Balaban J connectivity index is 2.82. The molecular formula is C16H31N3. The fourth-order valence-electron chi connectivity index (χ4n) is 2.34. The molecule has 1 unspecified atom stereocenters. The average Bonchev–Trinajstić information content (AvgIpc) is 2.76. The van der Waals surface area contributed by atoms with E-state index in [1.54, 1.807) is 0 Å². The number of nitrogens with zero attached hydrogens (tertiary/aromatic N) is 2. The van der Waals surface area contributed by atoms with Gasteiger partial charge in [-0.2, -0.15) is 5.10 Å². The van der Waals surface area contributed by atoms with E-state index in [0.717, 1.165) is 25.9 Å². The molecular weight excluding hydrogens is 234 g/mol. The zero-order valence-corrected chi connectivity index (χ0v) is 13.5. The summed E-state index contributed by atoms with van der Waals surface area (Å²) in [5, 5.41) is 8.38. The topological polar surface area (TPSA) is 29.9 Å². The summed E-state index contributed by atoms with van der Waals surface area (Å²) in [7, 11) is 0. The molecule has 0 spiro atoms. The van der Waals surface area contributed by atoms with Crippen molar-refractivity contribution < 1.29 is 0 Å². The maximum absolute atomic E-state index is 4.80. The Bertz CT molecular complexity index is 366. The second-order valence-corrected chi connectivity index (χ2v) is 6.14. The molecule has 3 nitrogen and oxygen atoms in total. The Kier molecular flexibility index (Phi) is 6.56. The zero-order valence-electron chi connectivity index (χ0n) is 13.5. The van der Waals surface area contributed by atoms with E-state index in [1.165, 1.54) is 11.4 Å². The molecule has 0 aromatic carbocycles. The number of hydrogen-bond donors (Lipinski definition) is 1. The van der Waals surface area contributed by atoms with Crippen molar-refractivity contribution in [3.05, 3.63) is 17.5 Å². The van der Waals surface area contributed by atoms with Gasteiger partial charge in [-0.05, 0) is 37.3 Å². The number of rotatable bonds is 8. The van der Waals surface area contributed by atoms with Gasteiger partial charge in [0.25, 0.3) is 0 Å². The van der Waals surface area contributed by atoms with Gasteiger partial charge in [0.1, 0.15) is 0 Å². The van der Waals surface area contributed by atoms with Gasteiger partial charge in [0.05, 0.1) is 11.7 Å². The molecule has 1 rings (SSSR count). The van der Waals surface area contributed by atoms with E-state index in [0.29, 0.717) is 17.9 Å². The van der Waals surface area contributed by atoms with Gasteiger partial charge in [-0.25, -0.2) is 0 Å². The van der Waals surface area contributed by atoms with Gasteiger partial charge in [0.15, 0.2) is 0 Å². The summed E-state index contributed by atoms with van der Waals surface area (Å²) in [5.41, 5.74) is 2.58. The predicted molar refractivity (Wildman–Crippen MR) is 82.6 cm³/mol. The Morgan fingerprint density at radius 2 is 1.79 bits per heavy atom. The molecule has 0 aliphatic rings. The van der Waals surface area contributed by atoms with Gasteiger partial charge >= 0.3 is 0 Å². The maximum atomic E-state index is 4.80. The first-order chi connectivity index (χ1) is 8.99. The minimum absolute atomic E-state index is 0.453. The van der Waals surface area contributed by atoms with Crippen molar-refractivity contribution in [1.82, 2.24) is 15.1 Å². The van der Waals surface area contributed by atoms with Gasteiger partial charge < -0.3 is 5.32 Å². The molecule has 1 aromatic heterocycles. The molecule has 0 saturated heterocycles. The summed E-state index contributed by atoms with van der Waals surface area (Å²) < 4.78 is 2.26. The van der Waals surface area contributed by atoms with Crippen LogP contribution in [-0.2, 0) is 12.8 Å². The molecule has 110 valence electrons. The van der Waals surface area contributed by atoms with E-state index in [9.17, 15) is 0 Å². The molecule has 1 N–H and O–H groups in total.